The molecule has 2 heterocycles. The third-order valence-corrected chi connectivity index (χ3v) is 3.21. The quantitative estimate of drug-likeness (QED) is 0.778. The first-order valence-electron chi connectivity index (χ1n) is 7.01. The van der Waals surface area contributed by atoms with Crippen LogP contribution in [-0.4, -0.2) is 21.8 Å². The van der Waals surface area contributed by atoms with Crippen molar-refractivity contribution < 1.29 is 4.74 Å². The standard InChI is InChI=1S/C17H17N3O/c1-2-21-16-5-3-4-13(11-16)10-15-12-17(20-19-15)14-6-8-18-9-7-14/h3-9,11-12H,2,10H2,1H3,(H,19,20). The van der Waals surface area contributed by atoms with E-state index < -0.39 is 0 Å². The van der Waals surface area contributed by atoms with E-state index in [1.54, 1.807) is 12.4 Å². The van der Waals surface area contributed by atoms with Gasteiger partial charge in [0.15, 0.2) is 0 Å². The van der Waals surface area contributed by atoms with Gasteiger partial charge in [-0.25, -0.2) is 0 Å². The highest BCUT2D eigenvalue weighted by atomic mass is 16.5. The lowest BCUT2D eigenvalue weighted by Crippen LogP contribution is -1.93. The summed E-state index contributed by atoms with van der Waals surface area (Å²) in [7, 11) is 0. The lowest BCUT2D eigenvalue weighted by Gasteiger charge is -2.04. The normalized spacial score (nSPS) is 10.5. The van der Waals surface area contributed by atoms with E-state index in [-0.39, 0.29) is 0 Å². The first kappa shape index (κ1) is 13.4. The molecule has 0 atom stereocenters. The summed E-state index contributed by atoms with van der Waals surface area (Å²) in [6, 6.07) is 14.1. The zero-order valence-corrected chi connectivity index (χ0v) is 11.9. The molecule has 3 rings (SSSR count). The number of benzene rings is 1. The molecule has 21 heavy (non-hydrogen) atoms. The van der Waals surface area contributed by atoms with Crippen molar-refractivity contribution in [1.29, 1.82) is 0 Å². The first-order valence-corrected chi connectivity index (χ1v) is 7.01. The number of rotatable bonds is 5. The van der Waals surface area contributed by atoms with Gasteiger partial charge >= 0.3 is 0 Å². The number of ether oxygens (including phenoxy) is 1. The fraction of sp³-hybridized carbons (Fsp3) is 0.176. The van der Waals surface area contributed by atoms with E-state index in [1.807, 2.05) is 31.2 Å². The highest BCUT2D eigenvalue weighted by Crippen LogP contribution is 2.20. The van der Waals surface area contributed by atoms with Gasteiger partial charge in [-0.15, -0.1) is 0 Å². The Morgan fingerprint density at radius 2 is 1.95 bits per heavy atom. The van der Waals surface area contributed by atoms with Crippen LogP contribution < -0.4 is 4.74 Å². The molecule has 4 heteroatoms. The number of pyridine rings is 1. The Labute approximate surface area is 123 Å². The summed E-state index contributed by atoms with van der Waals surface area (Å²) in [5.41, 5.74) is 4.28. The molecule has 2 aromatic heterocycles. The summed E-state index contributed by atoms with van der Waals surface area (Å²) in [6.45, 7) is 2.67. The molecule has 0 aliphatic rings. The number of H-pyrrole nitrogens is 1. The Balaban J connectivity index is 1.77. The minimum absolute atomic E-state index is 0.680. The average Bonchev–Trinajstić information content (AvgIpc) is 2.97. The molecular weight excluding hydrogens is 262 g/mol. The third-order valence-electron chi connectivity index (χ3n) is 3.21. The van der Waals surface area contributed by atoms with Crippen LogP contribution in [0.5, 0.6) is 5.75 Å². The molecule has 106 valence electrons. The van der Waals surface area contributed by atoms with Crippen molar-refractivity contribution in [3.8, 4) is 17.0 Å². The predicted molar refractivity (Wildman–Crippen MR) is 82.2 cm³/mol. The molecule has 0 aliphatic carbocycles. The van der Waals surface area contributed by atoms with Crippen molar-refractivity contribution >= 4 is 0 Å². The maximum Gasteiger partial charge on any atom is 0.119 e. The van der Waals surface area contributed by atoms with E-state index in [0.29, 0.717) is 6.61 Å². The molecule has 1 N–H and O–H groups in total. The Morgan fingerprint density at radius 1 is 1.10 bits per heavy atom. The van der Waals surface area contributed by atoms with E-state index in [4.69, 9.17) is 4.74 Å². The van der Waals surface area contributed by atoms with E-state index in [1.165, 1.54) is 5.56 Å². The van der Waals surface area contributed by atoms with E-state index in [0.717, 1.165) is 29.1 Å². The largest absolute Gasteiger partial charge is 0.494 e. The minimum Gasteiger partial charge on any atom is -0.494 e. The van der Waals surface area contributed by atoms with Crippen molar-refractivity contribution in [3.63, 3.8) is 0 Å². The summed E-state index contributed by atoms with van der Waals surface area (Å²) in [4.78, 5) is 4.02. The molecule has 1 aromatic carbocycles. The lowest BCUT2D eigenvalue weighted by molar-refractivity contribution is 0.340. The van der Waals surface area contributed by atoms with Gasteiger partial charge in [0.05, 0.1) is 12.3 Å². The summed E-state index contributed by atoms with van der Waals surface area (Å²) < 4.78 is 5.53. The fourth-order valence-corrected chi connectivity index (χ4v) is 2.25. The van der Waals surface area contributed by atoms with Gasteiger partial charge in [-0.2, -0.15) is 5.10 Å². The van der Waals surface area contributed by atoms with Crippen LogP contribution in [0.1, 0.15) is 18.2 Å². The van der Waals surface area contributed by atoms with Crippen molar-refractivity contribution in [2.75, 3.05) is 6.61 Å². The first-order chi connectivity index (χ1) is 10.3. The molecule has 0 fully saturated rings. The lowest BCUT2D eigenvalue weighted by atomic mass is 10.1. The molecule has 0 aliphatic heterocycles. The molecule has 0 unspecified atom stereocenters. The second kappa shape index (κ2) is 6.22. The molecule has 0 saturated carbocycles. The van der Waals surface area contributed by atoms with Crippen LogP contribution in [0, 0.1) is 0 Å². The van der Waals surface area contributed by atoms with Gasteiger partial charge in [-0.3, -0.25) is 10.1 Å². The number of nitrogens with zero attached hydrogens (tertiary/aromatic N) is 2. The monoisotopic (exact) mass is 279 g/mol. The van der Waals surface area contributed by atoms with Crippen molar-refractivity contribution in [2.24, 2.45) is 0 Å². The van der Waals surface area contributed by atoms with Gasteiger partial charge in [0.2, 0.25) is 0 Å². The number of nitrogens with one attached hydrogen (secondary N) is 1. The zero-order valence-electron chi connectivity index (χ0n) is 11.9. The highest BCUT2D eigenvalue weighted by molar-refractivity contribution is 5.58. The summed E-state index contributed by atoms with van der Waals surface area (Å²) in [5.74, 6) is 0.906. The Hall–Kier alpha value is -2.62. The van der Waals surface area contributed by atoms with Crippen LogP contribution in [-0.2, 0) is 6.42 Å². The number of hydrogen-bond donors (Lipinski definition) is 1. The number of hydrogen-bond acceptors (Lipinski definition) is 3. The van der Waals surface area contributed by atoms with Crippen LogP contribution in [0.4, 0.5) is 0 Å². The van der Waals surface area contributed by atoms with Crippen LogP contribution in [0.3, 0.4) is 0 Å². The van der Waals surface area contributed by atoms with Crippen LogP contribution in [0.25, 0.3) is 11.3 Å². The van der Waals surface area contributed by atoms with Crippen molar-refractivity contribution in [2.45, 2.75) is 13.3 Å². The molecule has 0 spiro atoms. The average molecular weight is 279 g/mol. The summed E-state index contributed by atoms with van der Waals surface area (Å²) in [6.07, 6.45) is 4.35. The van der Waals surface area contributed by atoms with Gasteiger partial charge in [-0.1, -0.05) is 12.1 Å². The van der Waals surface area contributed by atoms with Crippen molar-refractivity contribution in [3.05, 3.63) is 66.1 Å². The van der Waals surface area contributed by atoms with Crippen LogP contribution >= 0.6 is 0 Å². The molecule has 0 radical (unpaired) electrons. The Kier molecular flexibility index (Phi) is 3.96. The smallest absolute Gasteiger partial charge is 0.119 e. The van der Waals surface area contributed by atoms with E-state index in [2.05, 4.69) is 33.4 Å². The van der Waals surface area contributed by atoms with Gasteiger partial charge in [-0.05, 0) is 42.8 Å². The van der Waals surface area contributed by atoms with Gasteiger partial charge < -0.3 is 4.74 Å². The predicted octanol–water partition coefficient (Wildman–Crippen LogP) is 3.46. The Morgan fingerprint density at radius 3 is 2.76 bits per heavy atom. The van der Waals surface area contributed by atoms with Gasteiger partial charge in [0.1, 0.15) is 5.75 Å². The van der Waals surface area contributed by atoms with Crippen LogP contribution in [0.2, 0.25) is 0 Å². The van der Waals surface area contributed by atoms with Crippen molar-refractivity contribution in [1.82, 2.24) is 15.2 Å². The molecule has 0 saturated heterocycles. The molecular formula is C17H17N3O. The highest BCUT2D eigenvalue weighted by Gasteiger charge is 2.05. The van der Waals surface area contributed by atoms with E-state index >= 15 is 0 Å². The van der Waals surface area contributed by atoms with E-state index in [9.17, 15) is 0 Å². The van der Waals surface area contributed by atoms with Gasteiger partial charge in [0.25, 0.3) is 0 Å². The fourth-order valence-electron chi connectivity index (χ4n) is 2.25. The topological polar surface area (TPSA) is 50.8 Å². The Bertz CT molecular complexity index is 707. The zero-order chi connectivity index (χ0) is 14.5. The maximum atomic E-state index is 5.53. The SMILES string of the molecule is CCOc1cccc(Cc2cc(-c3ccncc3)n[nH]2)c1. The van der Waals surface area contributed by atoms with Gasteiger partial charge in [0, 0.05) is 30.1 Å². The summed E-state index contributed by atoms with van der Waals surface area (Å²) in [5, 5.41) is 7.45. The summed E-state index contributed by atoms with van der Waals surface area (Å²) >= 11 is 0. The second-order valence-electron chi connectivity index (χ2n) is 4.77. The third kappa shape index (κ3) is 3.28. The van der Waals surface area contributed by atoms with Crippen LogP contribution in [0.15, 0.2) is 54.9 Å². The molecule has 0 amide bonds. The minimum atomic E-state index is 0.680. The molecule has 3 aromatic rings. The molecule has 0 bridgehead atoms. The second-order valence-corrected chi connectivity index (χ2v) is 4.77. The number of aromatic amines is 1. The number of aromatic nitrogens is 3. The maximum absolute atomic E-state index is 5.53. The molecule has 4 nitrogen and oxygen atoms in total.